The van der Waals surface area contributed by atoms with Crippen LogP contribution in [0.25, 0.3) is 0 Å². The summed E-state index contributed by atoms with van der Waals surface area (Å²) >= 11 is 0. The maximum Gasteiger partial charge on any atom is 0.251 e. The van der Waals surface area contributed by atoms with Crippen molar-refractivity contribution in [3.05, 3.63) is 23.8 Å². The van der Waals surface area contributed by atoms with Gasteiger partial charge < -0.3 is 16.4 Å². The minimum Gasteiger partial charge on any atom is -0.397 e. The summed E-state index contributed by atoms with van der Waals surface area (Å²) in [6, 6.07) is 5.37. The van der Waals surface area contributed by atoms with Crippen LogP contribution < -0.4 is 16.4 Å². The third kappa shape index (κ3) is 3.44. The average Bonchev–Trinajstić information content (AvgIpc) is 2.46. The van der Waals surface area contributed by atoms with E-state index in [0.717, 1.165) is 12.2 Å². The standard InChI is InChI=1S/C16H25N3O/c1-16(8-4-3-5-9-16)11-19-14-10-12(15(20)18-2)6-7-13(14)17/h6-7,10,19H,3-5,8-9,11,17H2,1-2H3,(H,18,20). The molecule has 1 aliphatic rings. The normalized spacial score (nSPS) is 17.5. The average molecular weight is 275 g/mol. The van der Waals surface area contributed by atoms with Crippen LogP contribution >= 0.6 is 0 Å². The monoisotopic (exact) mass is 275 g/mol. The highest BCUT2D eigenvalue weighted by Gasteiger charge is 2.26. The SMILES string of the molecule is CNC(=O)c1ccc(N)c(NCC2(C)CCCCC2)c1. The number of rotatable bonds is 4. The van der Waals surface area contributed by atoms with Crippen LogP contribution in [0.1, 0.15) is 49.4 Å². The molecule has 2 rings (SSSR count). The Labute approximate surface area is 121 Å². The fourth-order valence-corrected chi connectivity index (χ4v) is 2.89. The molecule has 0 aromatic heterocycles. The van der Waals surface area contributed by atoms with Gasteiger partial charge in [-0.1, -0.05) is 26.2 Å². The number of nitrogens with two attached hydrogens (primary N) is 1. The molecule has 0 aliphatic heterocycles. The molecule has 4 N–H and O–H groups in total. The summed E-state index contributed by atoms with van der Waals surface area (Å²) in [6.45, 7) is 3.24. The second-order valence-electron chi connectivity index (χ2n) is 6.11. The van der Waals surface area contributed by atoms with Crippen molar-refractivity contribution in [2.24, 2.45) is 5.41 Å². The second kappa shape index (κ2) is 6.16. The Morgan fingerprint density at radius 1 is 1.30 bits per heavy atom. The minimum absolute atomic E-state index is 0.0862. The van der Waals surface area contributed by atoms with Crippen molar-refractivity contribution < 1.29 is 4.79 Å². The van der Waals surface area contributed by atoms with Crippen LogP contribution in [0.3, 0.4) is 0 Å². The Hall–Kier alpha value is -1.71. The first-order valence-electron chi connectivity index (χ1n) is 7.40. The molecule has 0 saturated heterocycles. The third-order valence-corrected chi connectivity index (χ3v) is 4.31. The van der Waals surface area contributed by atoms with Gasteiger partial charge in [0.05, 0.1) is 11.4 Å². The number of carbonyl (C=O) groups is 1. The van der Waals surface area contributed by atoms with Crippen molar-refractivity contribution in [1.82, 2.24) is 5.32 Å². The number of hydrogen-bond donors (Lipinski definition) is 3. The van der Waals surface area contributed by atoms with E-state index in [9.17, 15) is 4.79 Å². The van der Waals surface area contributed by atoms with E-state index < -0.39 is 0 Å². The molecule has 1 amide bonds. The van der Waals surface area contributed by atoms with Gasteiger partial charge in [-0.25, -0.2) is 0 Å². The van der Waals surface area contributed by atoms with Crippen molar-refractivity contribution in [3.8, 4) is 0 Å². The minimum atomic E-state index is -0.0862. The first-order chi connectivity index (χ1) is 9.54. The lowest BCUT2D eigenvalue weighted by Crippen LogP contribution is -2.29. The van der Waals surface area contributed by atoms with Crippen molar-refractivity contribution >= 4 is 17.3 Å². The number of amides is 1. The predicted octanol–water partition coefficient (Wildman–Crippen LogP) is 3.01. The third-order valence-electron chi connectivity index (χ3n) is 4.31. The molecular formula is C16H25N3O. The summed E-state index contributed by atoms with van der Waals surface area (Å²) in [5, 5.41) is 6.07. The van der Waals surface area contributed by atoms with E-state index in [1.165, 1.54) is 32.1 Å². The van der Waals surface area contributed by atoms with Gasteiger partial charge in [-0.2, -0.15) is 0 Å². The molecule has 0 atom stereocenters. The van der Waals surface area contributed by atoms with Crippen molar-refractivity contribution in [2.75, 3.05) is 24.6 Å². The Balaban J connectivity index is 2.06. The molecule has 110 valence electrons. The number of nitrogens with one attached hydrogen (secondary N) is 2. The molecular weight excluding hydrogens is 250 g/mol. The Morgan fingerprint density at radius 3 is 2.65 bits per heavy atom. The van der Waals surface area contributed by atoms with Gasteiger partial charge >= 0.3 is 0 Å². The molecule has 1 aromatic carbocycles. The van der Waals surface area contributed by atoms with Crippen LogP contribution in [-0.4, -0.2) is 19.5 Å². The lowest BCUT2D eigenvalue weighted by Gasteiger charge is -2.34. The fraction of sp³-hybridized carbons (Fsp3) is 0.562. The summed E-state index contributed by atoms with van der Waals surface area (Å²) < 4.78 is 0. The zero-order chi connectivity index (χ0) is 14.6. The van der Waals surface area contributed by atoms with Crippen LogP contribution in [-0.2, 0) is 0 Å². The quantitative estimate of drug-likeness (QED) is 0.740. The van der Waals surface area contributed by atoms with Crippen LogP contribution in [0.4, 0.5) is 11.4 Å². The Bertz CT molecular complexity index is 479. The second-order valence-corrected chi connectivity index (χ2v) is 6.11. The van der Waals surface area contributed by atoms with Crippen LogP contribution in [0.2, 0.25) is 0 Å². The van der Waals surface area contributed by atoms with Gasteiger partial charge in [-0.3, -0.25) is 4.79 Å². The van der Waals surface area contributed by atoms with Gasteiger partial charge in [0.25, 0.3) is 5.91 Å². The van der Waals surface area contributed by atoms with Crippen LogP contribution in [0, 0.1) is 5.41 Å². The van der Waals surface area contributed by atoms with E-state index >= 15 is 0 Å². The first-order valence-corrected chi connectivity index (χ1v) is 7.40. The summed E-state index contributed by atoms with van der Waals surface area (Å²) in [5.74, 6) is -0.0862. The number of carbonyl (C=O) groups excluding carboxylic acids is 1. The molecule has 1 fully saturated rings. The topological polar surface area (TPSA) is 67.2 Å². The molecule has 0 radical (unpaired) electrons. The summed E-state index contributed by atoms with van der Waals surface area (Å²) in [6.07, 6.45) is 6.49. The zero-order valence-electron chi connectivity index (χ0n) is 12.5. The van der Waals surface area contributed by atoms with Gasteiger partial charge in [0.15, 0.2) is 0 Å². The molecule has 1 aliphatic carbocycles. The van der Waals surface area contributed by atoms with Crippen LogP contribution in [0.5, 0.6) is 0 Å². The van der Waals surface area contributed by atoms with Gasteiger partial charge in [0.2, 0.25) is 0 Å². The molecule has 4 nitrogen and oxygen atoms in total. The molecule has 1 aromatic rings. The fourth-order valence-electron chi connectivity index (χ4n) is 2.89. The Morgan fingerprint density at radius 2 is 2.00 bits per heavy atom. The van der Waals surface area contributed by atoms with Gasteiger partial charge in [0.1, 0.15) is 0 Å². The lowest BCUT2D eigenvalue weighted by atomic mass is 9.75. The molecule has 0 spiro atoms. The van der Waals surface area contributed by atoms with Gasteiger partial charge in [-0.15, -0.1) is 0 Å². The Kier molecular flexibility index (Phi) is 4.53. The van der Waals surface area contributed by atoms with Crippen molar-refractivity contribution in [1.29, 1.82) is 0 Å². The van der Waals surface area contributed by atoms with E-state index in [2.05, 4.69) is 17.6 Å². The summed E-state index contributed by atoms with van der Waals surface area (Å²) in [5.41, 5.74) is 8.52. The number of anilines is 2. The lowest BCUT2D eigenvalue weighted by molar-refractivity contribution is 0.0963. The molecule has 0 heterocycles. The predicted molar refractivity (Wildman–Crippen MR) is 83.9 cm³/mol. The number of benzene rings is 1. The maximum absolute atomic E-state index is 11.7. The summed E-state index contributed by atoms with van der Waals surface area (Å²) in [4.78, 5) is 11.7. The molecule has 4 heteroatoms. The smallest absolute Gasteiger partial charge is 0.251 e. The number of hydrogen-bond acceptors (Lipinski definition) is 3. The van der Waals surface area contributed by atoms with Gasteiger partial charge in [-0.05, 0) is 36.5 Å². The van der Waals surface area contributed by atoms with E-state index in [4.69, 9.17) is 5.73 Å². The highest BCUT2D eigenvalue weighted by molar-refractivity contribution is 5.96. The zero-order valence-corrected chi connectivity index (χ0v) is 12.5. The summed E-state index contributed by atoms with van der Waals surface area (Å²) in [7, 11) is 1.63. The highest BCUT2D eigenvalue weighted by Crippen LogP contribution is 2.36. The molecule has 0 unspecified atom stereocenters. The first kappa shape index (κ1) is 14.7. The van der Waals surface area contributed by atoms with E-state index in [-0.39, 0.29) is 5.91 Å². The number of nitrogen functional groups attached to an aromatic ring is 1. The van der Waals surface area contributed by atoms with Gasteiger partial charge in [0, 0.05) is 19.2 Å². The largest absolute Gasteiger partial charge is 0.397 e. The van der Waals surface area contributed by atoms with E-state index in [0.29, 0.717) is 16.7 Å². The highest BCUT2D eigenvalue weighted by atomic mass is 16.1. The molecule has 1 saturated carbocycles. The van der Waals surface area contributed by atoms with Crippen molar-refractivity contribution in [2.45, 2.75) is 39.0 Å². The van der Waals surface area contributed by atoms with Crippen molar-refractivity contribution in [3.63, 3.8) is 0 Å². The molecule has 0 bridgehead atoms. The maximum atomic E-state index is 11.7. The van der Waals surface area contributed by atoms with E-state index in [1.54, 1.807) is 19.2 Å². The van der Waals surface area contributed by atoms with Crippen LogP contribution in [0.15, 0.2) is 18.2 Å². The molecule has 20 heavy (non-hydrogen) atoms. The van der Waals surface area contributed by atoms with E-state index in [1.807, 2.05) is 6.07 Å².